The fourth-order valence-corrected chi connectivity index (χ4v) is 4.13. The summed E-state index contributed by atoms with van der Waals surface area (Å²) in [6.45, 7) is 0. The van der Waals surface area contributed by atoms with E-state index in [0.29, 0.717) is 28.0 Å². The Morgan fingerprint density at radius 3 is 2.70 bits per heavy atom. The van der Waals surface area contributed by atoms with E-state index in [1.54, 1.807) is 24.3 Å². The van der Waals surface area contributed by atoms with E-state index in [9.17, 15) is 14.7 Å². The number of H-pyrrole nitrogens is 1. The summed E-state index contributed by atoms with van der Waals surface area (Å²) in [4.78, 5) is 26.7. The lowest BCUT2D eigenvalue weighted by atomic mass is 9.96. The van der Waals surface area contributed by atoms with Crippen molar-refractivity contribution >= 4 is 50.5 Å². The van der Waals surface area contributed by atoms with Crippen LogP contribution in [0, 0.1) is 0 Å². The summed E-state index contributed by atoms with van der Waals surface area (Å²) in [5, 5.41) is 19.1. The second kappa shape index (κ2) is 7.07. The van der Waals surface area contributed by atoms with E-state index in [2.05, 4.69) is 9.17 Å². The van der Waals surface area contributed by atoms with E-state index < -0.39 is 5.97 Å². The van der Waals surface area contributed by atoms with E-state index in [0.717, 1.165) is 21.9 Å². The number of carbonyl (C=O) groups is 1. The van der Waals surface area contributed by atoms with Crippen molar-refractivity contribution < 1.29 is 14.1 Å². The molecule has 0 saturated heterocycles. The maximum atomic E-state index is 12.2. The summed E-state index contributed by atoms with van der Waals surface area (Å²) in [5.74, 6) is -0.311. The molecule has 8 heteroatoms. The number of nitrogens with two attached hydrogens (primary N) is 1. The third-order valence-corrected chi connectivity index (χ3v) is 5.50. The minimum absolute atomic E-state index is 0.105. The fourth-order valence-electron chi connectivity index (χ4n) is 3.17. The summed E-state index contributed by atoms with van der Waals surface area (Å²) in [5.41, 5.74) is 2.70. The van der Waals surface area contributed by atoms with Crippen molar-refractivity contribution in [3.63, 3.8) is 0 Å². The number of fused-ring (bicyclic) bond motifs is 3. The molecule has 0 spiro atoms. The van der Waals surface area contributed by atoms with Gasteiger partial charge in [0.1, 0.15) is 22.7 Å². The van der Waals surface area contributed by atoms with Gasteiger partial charge in [0.05, 0.1) is 6.42 Å². The van der Waals surface area contributed by atoms with Crippen LogP contribution in [0.25, 0.3) is 32.1 Å². The van der Waals surface area contributed by atoms with Crippen LogP contribution in [0.3, 0.4) is 0 Å². The lowest BCUT2D eigenvalue weighted by Crippen LogP contribution is -2.05. The second-order valence-electron chi connectivity index (χ2n) is 5.93. The predicted molar refractivity (Wildman–Crippen MR) is 109 cm³/mol. The number of aromatic nitrogens is 1. The van der Waals surface area contributed by atoms with Crippen molar-refractivity contribution in [1.82, 2.24) is 4.98 Å². The van der Waals surface area contributed by atoms with Gasteiger partial charge in [-0.3, -0.25) is 9.59 Å². The van der Waals surface area contributed by atoms with Crippen molar-refractivity contribution in [2.75, 3.05) is 0 Å². The lowest BCUT2D eigenvalue weighted by Gasteiger charge is -2.11. The van der Waals surface area contributed by atoms with Crippen LogP contribution in [0.15, 0.2) is 52.6 Å². The van der Waals surface area contributed by atoms with Gasteiger partial charge >= 0.3 is 5.97 Å². The third kappa shape index (κ3) is 3.18. The van der Waals surface area contributed by atoms with E-state index in [1.807, 2.05) is 23.6 Å². The molecule has 0 fully saturated rings. The van der Waals surface area contributed by atoms with Crippen LogP contribution in [0.1, 0.15) is 5.56 Å². The fraction of sp³-hybridized carbons (Fsp3) is 0.0526. The molecule has 2 aromatic heterocycles. The van der Waals surface area contributed by atoms with Gasteiger partial charge < -0.3 is 14.3 Å². The molecule has 0 radical (unpaired) electrons. The number of thiophene rings is 1. The zero-order chi connectivity index (χ0) is 19.0. The molecule has 2 aromatic carbocycles. The van der Waals surface area contributed by atoms with Crippen molar-refractivity contribution in [1.29, 1.82) is 0 Å². The number of rotatable bonds is 4. The minimum atomic E-state index is -0.430. The first-order chi connectivity index (χ1) is 13.1. The molecule has 2 heterocycles. The average molecular weight is 398 g/mol. The van der Waals surface area contributed by atoms with Crippen molar-refractivity contribution in [2.45, 2.75) is 6.42 Å². The summed E-state index contributed by atoms with van der Waals surface area (Å²) in [6.07, 6.45) is 0.105. The average Bonchev–Trinajstić information content (AvgIpc) is 3.14. The maximum Gasteiger partial charge on any atom is 0.323 e. The number of hydrogen-bond donors (Lipinski definition) is 3. The first kappa shape index (κ1) is 17.6. The summed E-state index contributed by atoms with van der Waals surface area (Å²) in [7, 11) is 0. The standard InChI is InChI=1S/C19H14N2O4S2/c20-27-25-15(23)9-10-1-3-11(4-2-10)16-14(22)6-5-13-17(16)12-7-8-26-18(12)19(24)21-13/h1-8,22H,9,20H2,(H,21,24). The van der Waals surface area contributed by atoms with Crippen LogP contribution < -0.4 is 10.7 Å². The molecule has 0 atom stereocenters. The van der Waals surface area contributed by atoms with Gasteiger partial charge in [-0.2, -0.15) is 0 Å². The van der Waals surface area contributed by atoms with Crippen LogP contribution in [0.4, 0.5) is 0 Å². The normalized spacial score (nSPS) is 11.1. The summed E-state index contributed by atoms with van der Waals surface area (Å²) >= 11 is 1.89. The van der Waals surface area contributed by atoms with E-state index in [-0.39, 0.29) is 17.7 Å². The largest absolute Gasteiger partial charge is 0.507 e. The summed E-state index contributed by atoms with van der Waals surface area (Å²) < 4.78 is 5.29. The number of carbonyl (C=O) groups excluding carboxylic acids is 1. The molecule has 4 aromatic rings. The molecular weight excluding hydrogens is 384 g/mol. The molecule has 4 N–H and O–H groups in total. The second-order valence-corrected chi connectivity index (χ2v) is 7.20. The van der Waals surface area contributed by atoms with Gasteiger partial charge in [0.15, 0.2) is 0 Å². The molecule has 0 unspecified atom stereocenters. The van der Waals surface area contributed by atoms with Gasteiger partial charge in [-0.15, -0.1) is 11.3 Å². The van der Waals surface area contributed by atoms with Crippen LogP contribution in [-0.2, 0) is 15.4 Å². The molecule has 0 amide bonds. The molecule has 6 nitrogen and oxygen atoms in total. The van der Waals surface area contributed by atoms with Gasteiger partial charge in [0, 0.05) is 21.9 Å². The van der Waals surface area contributed by atoms with Crippen LogP contribution in [0.2, 0.25) is 0 Å². The van der Waals surface area contributed by atoms with Gasteiger partial charge in [0.2, 0.25) is 0 Å². The first-order valence-corrected chi connectivity index (χ1v) is 9.67. The Hall–Kier alpha value is -2.81. The number of pyridine rings is 1. The van der Waals surface area contributed by atoms with Crippen LogP contribution >= 0.6 is 23.6 Å². The number of aromatic amines is 1. The zero-order valence-electron chi connectivity index (χ0n) is 13.9. The molecule has 0 saturated carbocycles. The Balaban J connectivity index is 1.86. The number of nitrogens with one attached hydrogen (secondary N) is 1. The molecule has 136 valence electrons. The number of aromatic hydroxyl groups is 1. The third-order valence-electron chi connectivity index (χ3n) is 4.30. The first-order valence-electron chi connectivity index (χ1n) is 7.99. The highest BCUT2D eigenvalue weighted by atomic mass is 32.2. The van der Waals surface area contributed by atoms with E-state index in [1.165, 1.54) is 11.3 Å². The Labute approximate surface area is 161 Å². The number of hydrogen-bond acceptors (Lipinski definition) is 7. The van der Waals surface area contributed by atoms with Crippen LogP contribution in [-0.4, -0.2) is 16.1 Å². The molecule has 0 bridgehead atoms. The van der Waals surface area contributed by atoms with E-state index in [4.69, 9.17) is 5.14 Å². The smallest absolute Gasteiger partial charge is 0.323 e. The van der Waals surface area contributed by atoms with E-state index >= 15 is 0 Å². The lowest BCUT2D eigenvalue weighted by molar-refractivity contribution is -0.132. The molecular formula is C19H14N2O4S2. The van der Waals surface area contributed by atoms with Crippen molar-refractivity contribution in [2.24, 2.45) is 5.14 Å². The molecule has 27 heavy (non-hydrogen) atoms. The Morgan fingerprint density at radius 1 is 1.19 bits per heavy atom. The highest BCUT2D eigenvalue weighted by molar-refractivity contribution is 7.92. The Morgan fingerprint density at radius 2 is 1.96 bits per heavy atom. The van der Waals surface area contributed by atoms with Crippen LogP contribution in [0.5, 0.6) is 5.75 Å². The molecule has 4 rings (SSSR count). The highest BCUT2D eigenvalue weighted by Crippen LogP contribution is 2.39. The molecule has 0 aliphatic rings. The zero-order valence-corrected chi connectivity index (χ0v) is 15.5. The predicted octanol–water partition coefficient (Wildman–Crippen LogP) is 3.72. The van der Waals surface area contributed by atoms with Gasteiger partial charge in [0.25, 0.3) is 5.56 Å². The van der Waals surface area contributed by atoms with Gasteiger partial charge in [-0.1, -0.05) is 24.3 Å². The number of benzene rings is 2. The van der Waals surface area contributed by atoms with Gasteiger partial charge in [-0.25, -0.2) is 5.14 Å². The molecule has 0 aliphatic carbocycles. The Kier molecular flexibility index (Phi) is 4.61. The quantitative estimate of drug-likeness (QED) is 0.357. The summed E-state index contributed by atoms with van der Waals surface area (Å²) in [6, 6.07) is 12.4. The van der Waals surface area contributed by atoms with Gasteiger partial charge in [-0.05, 0) is 34.7 Å². The van der Waals surface area contributed by atoms with Crippen molar-refractivity contribution in [3.8, 4) is 16.9 Å². The van der Waals surface area contributed by atoms with Crippen molar-refractivity contribution in [3.05, 3.63) is 63.8 Å². The maximum absolute atomic E-state index is 12.2. The SMILES string of the molecule is NSOC(=O)Cc1ccc(-c2c(O)ccc3[nH]c(=O)c4sccc4c23)cc1. The molecule has 0 aliphatic heterocycles. The minimum Gasteiger partial charge on any atom is -0.507 e. The Bertz CT molecular complexity index is 1210. The monoisotopic (exact) mass is 398 g/mol. The highest BCUT2D eigenvalue weighted by Gasteiger charge is 2.15. The number of phenolic OH excluding ortho intramolecular Hbond substituents is 1. The number of phenols is 1. The topological polar surface area (TPSA) is 105 Å².